The summed E-state index contributed by atoms with van der Waals surface area (Å²) in [5, 5.41) is 12.7. The summed E-state index contributed by atoms with van der Waals surface area (Å²) in [5.41, 5.74) is 1.18. The maximum absolute atomic E-state index is 13.6. The monoisotopic (exact) mass is 262 g/mol. The van der Waals surface area contributed by atoms with E-state index in [-0.39, 0.29) is 5.69 Å². The molecular weight excluding hydrogens is 251 g/mol. The average molecular weight is 262 g/mol. The average Bonchev–Trinajstić information content (AvgIpc) is 2.74. The highest BCUT2D eigenvalue weighted by Gasteiger charge is 2.16. The Bertz CT molecular complexity index is 677. The molecule has 0 unspecified atom stereocenters. The van der Waals surface area contributed by atoms with E-state index in [9.17, 15) is 14.0 Å². The molecule has 1 aromatic carbocycles. The van der Waals surface area contributed by atoms with Crippen LogP contribution in [0.3, 0.4) is 0 Å². The third-order valence-electron chi connectivity index (χ3n) is 2.83. The fraction of sp³-hybridized carbons (Fsp3) is 0.154. The van der Waals surface area contributed by atoms with Crippen LogP contribution in [0.1, 0.15) is 26.4 Å². The molecule has 2 rings (SSSR count). The summed E-state index contributed by atoms with van der Waals surface area (Å²) >= 11 is 0. The minimum Gasteiger partial charge on any atom is -0.476 e. The summed E-state index contributed by atoms with van der Waals surface area (Å²) in [4.78, 5) is 21.9. The number of aldehydes is 1. The zero-order valence-electron chi connectivity index (χ0n) is 10.3. The predicted molar refractivity (Wildman–Crippen MR) is 65.7 cm³/mol. The highest BCUT2D eigenvalue weighted by molar-refractivity contribution is 5.90. The Morgan fingerprint density at radius 2 is 2.11 bits per heavy atom. The predicted octanol–water partition coefficient (Wildman–Crippen LogP) is 2.05. The lowest BCUT2D eigenvalue weighted by Gasteiger charge is -2.07. The van der Waals surface area contributed by atoms with Gasteiger partial charge in [-0.05, 0) is 30.7 Å². The molecule has 19 heavy (non-hydrogen) atoms. The second-order valence-electron chi connectivity index (χ2n) is 4.15. The quantitative estimate of drug-likeness (QED) is 0.859. The van der Waals surface area contributed by atoms with Gasteiger partial charge in [0.1, 0.15) is 5.82 Å². The number of rotatable bonds is 3. The molecule has 1 aromatic heterocycles. The lowest BCUT2D eigenvalue weighted by atomic mass is 10.0. The first-order chi connectivity index (χ1) is 8.93. The minimum absolute atomic E-state index is 0.157. The number of carboxylic acids is 1. The lowest BCUT2D eigenvalue weighted by molar-refractivity contribution is 0.0689. The summed E-state index contributed by atoms with van der Waals surface area (Å²) < 4.78 is 14.9. The summed E-state index contributed by atoms with van der Waals surface area (Å²) in [6, 6.07) is 3.94. The van der Waals surface area contributed by atoms with Crippen molar-refractivity contribution in [2.24, 2.45) is 7.05 Å². The lowest BCUT2D eigenvalue weighted by Crippen LogP contribution is -2.00. The van der Waals surface area contributed by atoms with Crippen LogP contribution >= 0.6 is 0 Å². The van der Waals surface area contributed by atoms with Crippen LogP contribution < -0.4 is 0 Å². The van der Waals surface area contributed by atoms with Crippen molar-refractivity contribution in [1.82, 2.24) is 9.78 Å². The van der Waals surface area contributed by atoms with Crippen LogP contribution in [0.15, 0.2) is 18.2 Å². The van der Waals surface area contributed by atoms with Crippen LogP contribution in [-0.2, 0) is 7.05 Å². The van der Waals surface area contributed by atoms with Gasteiger partial charge in [0.05, 0.1) is 5.69 Å². The molecule has 0 aliphatic carbocycles. The number of hydrogen-bond donors (Lipinski definition) is 1. The third kappa shape index (κ3) is 2.24. The molecule has 0 aliphatic heterocycles. The van der Waals surface area contributed by atoms with Gasteiger partial charge in [0.15, 0.2) is 12.0 Å². The molecule has 98 valence electrons. The molecule has 1 heterocycles. The van der Waals surface area contributed by atoms with E-state index >= 15 is 0 Å². The smallest absolute Gasteiger partial charge is 0.356 e. The molecule has 0 saturated heterocycles. The molecule has 5 nitrogen and oxygen atoms in total. The van der Waals surface area contributed by atoms with E-state index in [1.165, 1.54) is 29.9 Å². The van der Waals surface area contributed by atoms with E-state index in [4.69, 9.17) is 5.11 Å². The number of benzene rings is 1. The fourth-order valence-corrected chi connectivity index (χ4v) is 1.85. The summed E-state index contributed by atoms with van der Waals surface area (Å²) in [7, 11) is 1.54. The Hall–Kier alpha value is -2.50. The second-order valence-corrected chi connectivity index (χ2v) is 4.15. The van der Waals surface area contributed by atoms with Crippen molar-refractivity contribution in [3.8, 4) is 11.3 Å². The van der Waals surface area contributed by atoms with Crippen LogP contribution in [0.2, 0.25) is 0 Å². The van der Waals surface area contributed by atoms with E-state index in [1.807, 2.05) is 0 Å². The molecule has 0 saturated carbocycles. The zero-order valence-corrected chi connectivity index (χ0v) is 10.3. The molecular formula is C13H11FN2O3. The second kappa shape index (κ2) is 4.64. The van der Waals surface area contributed by atoms with Gasteiger partial charge in [-0.2, -0.15) is 5.10 Å². The Kier molecular flexibility index (Phi) is 3.16. The van der Waals surface area contributed by atoms with Crippen LogP contribution in [0, 0.1) is 12.7 Å². The molecule has 6 heteroatoms. The van der Waals surface area contributed by atoms with Gasteiger partial charge >= 0.3 is 5.97 Å². The number of carbonyl (C=O) groups excluding carboxylic acids is 1. The summed E-state index contributed by atoms with van der Waals surface area (Å²) in [5.74, 6) is -1.64. The van der Waals surface area contributed by atoms with E-state index in [1.54, 1.807) is 6.92 Å². The SMILES string of the molecule is Cc1cc(C=O)c(-c2cc(C(=O)O)nn2C)cc1F. The first-order valence-electron chi connectivity index (χ1n) is 5.47. The van der Waals surface area contributed by atoms with Crippen molar-refractivity contribution < 1.29 is 19.1 Å². The maximum atomic E-state index is 13.6. The van der Waals surface area contributed by atoms with Gasteiger partial charge in [-0.15, -0.1) is 0 Å². The van der Waals surface area contributed by atoms with E-state index < -0.39 is 11.8 Å². The molecule has 0 bridgehead atoms. The number of halogens is 1. The molecule has 1 N–H and O–H groups in total. The van der Waals surface area contributed by atoms with Crippen molar-refractivity contribution in [3.05, 3.63) is 40.8 Å². The van der Waals surface area contributed by atoms with Gasteiger partial charge < -0.3 is 5.11 Å². The van der Waals surface area contributed by atoms with Gasteiger partial charge in [-0.25, -0.2) is 9.18 Å². The Balaban J connectivity index is 2.67. The number of nitrogens with zero attached hydrogens (tertiary/aromatic N) is 2. The van der Waals surface area contributed by atoms with Gasteiger partial charge in [0.25, 0.3) is 0 Å². The Morgan fingerprint density at radius 3 is 2.63 bits per heavy atom. The minimum atomic E-state index is -1.18. The number of aryl methyl sites for hydroxylation is 2. The van der Waals surface area contributed by atoms with Crippen LogP contribution in [0.4, 0.5) is 4.39 Å². The van der Waals surface area contributed by atoms with E-state index in [0.29, 0.717) is 28.7 Å². The van der Waals surface area contributed by atoms with E-state index in [2.05, 4.69) is 5.10 Å². The summed E-state index contributed by atoms with van der Waals surface area (Å²) in [6.45, 7) is 1.55. The topological polar surface area (TPSA) is 72.2 Å². The highest BCUT2D eigenvalue weighted by Crippen LogP contribution is 2.26. The van der Waals surface area contributed by atoms with Gasteiger partial charge in [0.2, 0.25) is 0 Å². The molecule has 0 spiro atoms. The number of hydrogen-bond acceptors (Lipinski definition) is 3. The van der Waals surface area contributed by atoms with Gasteiger partial charge in [0, 0.05) is 18.2 Å². The Morgan fingerprint density at radius 1 is 1.42 bits per heavy atom. The largest absolute Gasteiger partial charge is 0.476 e. The molecule has 0 aliphatic rings. The summed E-state index contributed by atoms with van der Waals surface area (Å²) in [6.07, 6.45) is 0.606. The number of aromatic carboxylic acids is 1. The zero-order chi connectivity index (χ0) is 14.2. The molecule has 0 atom stereocenters. The first kappa shape index (κ1) is 12.9. The van der Waals surface area contributed by atoms with Crippen molar-refractivity contribution in [1.29, 1.82) is 0 Å². The molecule has 0 radical (unpaired) electrons. The maximum Gasteiger partial charge on any atom is 0.356 e. The molecule has 0 fully saturated rings. The first-order valence-corrected chi connectivity index (χ1v) is 5.47. The van der Waals surface area contributed by atoms with Crippen LogP contribution in [-0.4, -0.2) is 27.1 Å². The van der Waals surface area contributed by atoms with Gasteiger partial charge in [-0.3, -0.25) is 9.48 Å². The van der Waals surface area contributed by atoms with Crippen molar-refractivity contribution in [3.63, 3.8) is 0 Å². The van der Waals surface area contributed by atoms with Crippen molar-refractivity contribution in [2.75, 3.05) is 0 Å². The van der Waals surface area contributed by atoms with Crippen LogP contribution in [0.25, 0.3) is 11.3 Å². The molecule has 2 aromatic rings. The third-order valence-corrected chi connectivity index (χ3v) is 2.83. The standard InChI is InChI=1S/C13H11FN2O3/c1-7-3-8(6-17)9(4-10(7)14)12-5-11(13(18)19)15-16(12)2/h3-6H,1-2H3,(H,18,19). The normalized spacial score (nSPS) is 10.5. The van der Waals surface area contributed by atoms with Crippen LogP contribution in [0.5, 0.6) is 0 Å². The van der Waals surface area contributed by atoms with E-state index in [0.717, 1.165) is 0 Å². The number of aromatic nitrogens is 2. The van der Waals surface area contributed by atoms with Gasteiger partial charge in [-0.1, -0.05) is 0 Å². The number of carbonyl (C=O) groups is 2. The fourth-order valence-electron chi connectivity index (χ4n) is 1.85. The number of carboxylic acid groups (broad SMARTS) is 1. The molecule has 0 amide bonds. The van der Waals surface area contributed by atoms with Crippen molar-refractivity contribution in [2.45, 2.75) is 6.92 Å². The highest BCUT2D eigenvalue weighted by atomic mass is 19.1. The Labute approximate surface area is 108 Å². The van der Waals surface area contributed by atoms with Crippen molar-refractivity contribution >= 4 is 12.3 Å².